The molecule has 0 saturated carbocycles. The van der Waals surface area contributed by atoms with Crippen molar-refractivity contribution in [3.8, 4) is 5.75 Å². The van der Waals surface area contributed by atoms with E-state index >= 15 is 0 Å². The van der Waals surface area contributed by atoms with Gasteiger partial charge in [-0.15, -0.1) is 0 Å². The Bertz CT molecular complexity index is 912. The van der Waals surface area contributed by atoms with E-state index in [0.29, 0.717) is 6.54 Å². The number of benzene rings is 2. The molecule has 2 N–H and O–H groups in total. The molecule has 1 aromatic heterocycles. The Morgan fingerprint density at radius 2 is 1.77 bits per heavy atom. The average molecular weight is 351 g/mol. The molecule has 1 fully saturated rings. The summed E-state index contributed by atoms with van der Waals surface area (Å²) in [7, 11) is 3.75. The van der Waals surface area contributed by atoms with Crippen LogP contribution in [0.25, 0.3) is 11.0 Å². The predicted molar refractivity (Wildman–Crippen MR) is 106 cm³/mol. The number of aryl methyl sites for hydroxylation is 1. The molecule has 6 heteroatoms. The summed E-state index contributed by atoms with van der Waals surface area (Å²) in [5.74, 6) is 1.85. The second kappa shape index (κ2) is 6.88. The van der Waals surface area contributed by atoms with Crippen molar-refractivity contribution >= 4 is 22.4 Å². The summed E-state index contributed by atoms with van der Waals surface area (Å²) in [6.07, 6.45) is 0. The molecule has 0 atom stereocenters. The van der Waals surface area contributed by atoms with Gasteiger partial charge in [0.25, 0.3) is 0 Å². The van der Waals surface area contributed by atoms with Gasteiger partial charge < -0.3 is 24.8 Å². The molecular weight excluding hydrogens is 326 g/mol. The molecule has 1 saturated heterocycles. The lowest BCUT2D eigenvalue weighted by atomic mass is 10.2. The first-order valence-corrected chi connectivity index (χ1v) is 8.99. The van der Waals surface area contributed by atoms with Crippen LogP contribution >= 0.6 is 0 Å². The highest BCUT2D eigenvalue weighted by atomic mass is 16.5. The fourth-order valence-electron chi connectivity index (χ4n) is 3.71. The van der Waals surface area contributed by atoms with Crippen LogP contribution in [0.1, 0.15) is 5.82 Å². The first-order chi connectivity index (χ1) is 12.7. The molecule has 0 spiro atoms. The van der Waals surface area contributed by atoms with Gasteiger partial charge in [-0.1, -0.05) is 12.1 Å². The van der Waals surface area contributed by atoms with Crippen LogP contribution in [0, 0.1) is 0 Å². The minimum atomic E-state index is 0.456. The molecule has 0 unspecified atom stereocenters. The Morgan fingerprint density at radius 1 is 1.04 bits per heavy atom. The number of methoxy groups -OCH3 is 1. The monoisotopic (exact) mass is 351 g/mol. The third-order valence-corrected chi connectivity index (χ3v) is 5.21. The van der Waals surface area contributed by atoms with Crippen LogP contribution in [0.5, 0.6) is 5.75 Å². The van der Waals surface area contributed by atoms with Crippen molar-refractivity contribution in [2.45, 2.75) is 6.54 Å². The molecule has 1 aliphatic heterocycles. The highest BCUT2D eigenvalue weighted by Crippen LogP contribution is 2.30. The number of piperazine rings is 1. The van der Waals surface area contributed by atoms with Crippen molar-refractivity contribution in [1.82, 2.24) is 9.55 Å². The van der Waals surface area contributed by atoms with Gasteiger partial charge in [0.05, 0.1) is 30.4 Å². The van der Waals surface area contributed by atoms with Crippen LogP contribution in [0.2, 0.25) is 0 Å². The number of para-hydroxylation sites is 2. The van der Waals surface area contributed by atoms with E-state index in [2.05, 4.69) is 49.7 Å². The minimum absolute atomic E-state index is 0.456. The van der Waals surface area contributed by atoms with Crippen molar-refractivity contribution in [2.75, 3.05) is 43.1 Å². The molecule has 0 aliphatic carbocycles. The second-order valence-electron chi connectivity index (χ2n) is 6.61. The van der Waals surface area contributed by atoms with Gasteiger partial charge in [-0.05, 0) is 30.3 Å². The number of ether oxygens (including phenoxy) is 1. The van der Waals surface area contributed by atoms with Gasteiger partial charge in [-0.25, -0.2) is 4.98 Å². The van der Waals surface area contributed by atoms with E-state index in [-0.39, 0.29) is 0 Å². The Morgan fingerprint density at radius 3 is 2.50 bits per heavy atom. The number of anilines is 2. The number of hydrogen-bond acceptors (Lipinski definition) is 5. The van der Waals surface area contributed by atoms with Crippen LogP contribution < -0.4 is 20.3 Å². The van der Waals surface area contributed by atoms with Gasteiger partial charge in [0, 0.05) is 38.9 Å². The highest BCUT2D eigenvalue weighted by molar-refractivity contribution is 5.80. The standard InChI is InChI=1S/C20H25N5O/c1-23-17-8-7-15(13-16(17)22-20(23)14-21)24-9-11-25(12-10-24)18-5-3-4-6-19(18)26-2/h3-8,13H,9-12,14,21H2,1-2H3. The molecule has 26 heavy (non-hydrogen) atoms. The number of hydrogen-bond donors (Lipinski definition) is 1. The zero-order valence-corrected chi connectivity index (χ0v) is 15.4. The Hall–Kier alpha value is -2.73. The molecule has 2 heterocycles. The first kappa shape index (κ1) is 16.7. The van der Waals surface area contributed by atoms with Crippen LogP contribution in [0.15, 0.2) is 42.5 Å². The topological polar surface area (TPSA) is 59.6 Å². The Kier molecular flexibility index (Phi) is 4.42. The maximum Gasteiger partial charge on any atom is 0.142 e. The lowest BCUT2D eigenvalue weighted by Gasteiger charge is -2.37. The van der Waals surface area contributed by atoms with Crippen molar-refractivity contribution in [3.63, 3.8) is 0 Å². The molecule has 6 nitrogen and oxygen atoms in total. The van der Waals surface area contributed by atoms with E-state index in [1.54, 1.807) is 7.11 Å². The third-order valence-electron chi connectivity index (χ3n) is 5.21. The van der Waals surface area contributed by atoms with Crippen LogP contribution in [0.4, 0.5) is 11.4 Å². The lowest BCUT2D eigenvalue weighted by Crippen LogP contribution is -2.46. The van der Waals surface area contributed by atoms with Crippen molar-refractivity contribution < 1.29 is 4.74 Å². The Balaban J connectivity index is 1.52. The van der Waals surface area contributed by atoms with E-state index in [9.17, 15) is 0 Å². The molecule has 0 bridgehead atoms. The van der Waals surface area contributed by atoms with Crippen molar-refractivity contribution in [2.24, 2.45) is 12.8 Å². The van der Waals surface area contributed by atoms with E-state index < -0.39 is 0 Å². The van der Waals surface area contributed by atoms with E-state index in [1.807, 2.05) is 19.2 Å². The molecule has 0 radical (unpaired) electrons. The number of aromatic nitrogens is 2. The van der Waals surface area contributed by atoms with Gasteiger partial charge in [0.15, 0.2) is 0 Å². The fourth-order valence-corrected chi connectivity index (χ4v) is 3.71. The summed E-state index contributed by atoms with van der Waals surface area (Å²) in [6, 6.07) is 14.7. The van der Waals surface area contributed by atoms with E-state index in [0.717, 1.165) is 48.8 Å². The largest absolute Gasteiger partial charge is 0.495 e. The summed E-state index contributed by atoms with van der Waals surface area (Å²) in [6.45, 7) is 4.34. The van der Waals surface area contributed by atoms with Crippen molar-refractivity contribution in [1.29, 1.82) is 0 Å². The molecular formula is C20H25N5O. The van der Waals surface area contributed by atoms with E-state index in [4.69, 9.17) is 10.5 Å². The van der Waals surface area contributed by atoms with Gasteiger partial charge in [0.2, 0.25) is 0 Å². The summed E-state index contributed by atoms with van der Waals surface area (Å²) >= 11 is 0. The summed E-state index contributed by atoms with van der Waals surface area (Å²) in [5.41, 5.74) is 10.3. The van der Waals surface area contributed by atoms with Gasteiger partial charge in [-0.2, -0.15) is 0 Å². The fraction of sp³-hybridized carbons (Fsp3) is 0.350. The first-order valence-electron chi connectivity index (χ1n) is 8.99. The Labute approximate surface area is 153 Å². The van der Waals surface area contributed by atoms with Gasteiger partial charge >= 0.3 is 0 Å². The molecule has 0 amide bonds. The van der Waals surface area contributed by atoms with Gasteiger partial charge in [-0.3, -0.25) is 0 Å². The number of imidazole rings is 1. The average Bonchev–Trinajstić information content (AvgIpc) is 3.03. The summed E-state index contributed by atoms with van der Waals surface area (Å²) in [5, 5.41) is 0. The van der Waals surface area contributed by atoms with E-state index in [1.165, 1.54) is 11.4 Å². The molecule has 1 aliphatic rings. The van der Waals surface area contributed by atoms with Crippen LogP contribution in [0.3, 0.4) is 0 Å². The maximum absolute atomic E-state index is 5.78. The maximum atomic E-state index is 5.78. The second-order valence-corrected chi connectivity index (χ2v) is 6.61. The smallest absolute Gasteiger partial charge is 0.142 e. The third kappa shape index (κ3) is 2.86. The number of nitrogens with two attached hydrogens (primary N) is 1. The summed E-state index contributed by atoms with van der Waals surface area (Å²) < 4.78 is 7.57. The molecule has 4 rings (SSSR count). The number of rotatable bonds is 4. The molecule has 3 aromatic rings. The quantitative estimate of drug-likeness (QED) is 0.782. The van der Waals surface area contributed by atoms with Crippen molar-refractivity contribution in [3.05, 3.63) is 48.3 Å². The predicted octanol–water partition coefficient (Wildman–Crippen LogP) is 2.37. The number of fused-ring (bicyclic) bond motifs is 1. The zero-order valence-electron chi connectivity index (χ0n) is 15.4. The SMILES string of the molecule is COc1ccccc1N1CCN(c2ccc3c(c2)nc(CN)n3C)CC1. The van der Waals surface area contributed by atoms with Gasteiger partial charge in [0.1, 0.15) is 11.6 Å². The van der Waals surface area contributed by atoms with Crippen LogP contribution in [-0.2, 0) is 13.6 Å². The molecule has 2 aromatic carbocycles. The van der Waals surface area contributed by atoms with Crippen LogP contribution in [-0.4, -0.2) is 42.8 Å². The number of nitrogens with zero attached hydrogens (tertiary/aromatic N) is 4. The molecule has 136 valence electrons. The minimum Gasteiger partial charge on any atom is -0.495 e. The lowest BCUT2D eigenvalue weighted by molar-refractivity contribution is 0.413. The summed E-state index contributed by atoms with van der Waals surface area (Å²) in [4.78, 5) is 9.46. The normalized spacial score (nSPS) is 14.9. The highest BCUT2D eigenvalue weighted by Gasteiger charge is 2.20. The zero-order chi connectivity index (χ0) is 18.1.